The zero-order valence-corrected chi connectivity index (χ0v) is 20.3. The fourth-order valence-electron chi connectivity index (χ4n) is 3.56. The highest BCUT2D eigenvalue weighted by atomic mass is 35.5. The maximum absolute atomic E-state index is 13.3. The van der Waals surface area contributed by atoms with E-state index >= 15 is 0 Å². The van der Waals surface area contributed by atoms with Gasteiger partial charge in [-0.05, 0) is 60.9 Å². The van der Waals surface area contributed by atoms with Gasteiger partial charge in [-0.1, -0.05) is 53.0 Å². The van der Waals surface area contributed by atoms with Crippen molar-refractivity contribution in [1.29, 1.82) is 0 Å². The standard InChI is InChI=1S/C23H19Cl3N2O4S/c24-16-7-9-20(18(25)12-16)27-23(29)14-32-22-10-8-17(13-19(22)26)33(30,31)28-11-3-5-15-4-1-2-6-21(15)28/h1-2,4,6-10,12-13H,3,5,11,14H2,(H,27,29). The van der Waals surface area contributed by atoms with Crippen molar-refractivity contribution in [2.24, 2.45) is 0 Å². The Morgan fingerprint density at radius 1 is 1.00 bits per heavy atom. The van der Waals surface area contributed by atoms with Gasteiger partial charge in [0.15, 0.2) is 6.61 Å². The number of fused-ring (bicyclic) bond motifs is 1. The molecule has 0 bridgehead atoms. The number of anilines is 2. The largest absolute Gasteiger partial charge is 0.482 e. The average molecular weight is 526 g/mol. The van der Waals surface area contributed by atoms with Crippen molar-refractivity contribution in [3.8, 4) is 5.75 Å². The van der Waals surface area contributed by atoms with Gasteiger partial charge in [0.25, 0.3) is 15.9 Å². The van der Waals surface area contributed by atoms with Gasteiger partial charge in [0, 0.05) is 11.6 Å². The van der Waals surface area contributed by atoms with Crippen molar-refractivity contribution < 1.29 is 17.9 Å². The summed E-state index contributed by atoms with van der Waals surface area (Å²) in [5.41, 5.74) is 2.06. The summed E-state index contributed by atoms with van der Waals surface area (Å²) in [5, 5.41) is 3.44. The number of nitrogens with zero attached hydrogens (tertiary/aromatic N) is 1. The van der Waals surface area contributed by atoms with Gasteiger partial charge < -0.3 is 10.1 Å². The predicted molar refractivity (Wildman–Crippen MR) is 131 cm³/mol. The molecule has 10 heteroatoms. The molecule has 0 unspecified atom stereocenters. The number of para-hydroxylation sites is 1. The molecular weight excluding hydrogens is 507 g/mol. The van der Waals surface area contributed by atoms with E-state index in [2.05, 4.69) is 5.32 Å². The normalized spacial score (nSPS) is 13.4. The third kappa shape index (κ3) is 5.22. The van der Waals surface area contributed by atoms with Crippen LogP contribution in [0, 0.1) is 0 Å². The summed E-state index contributed by atoms with van der Waals surface area (Å²) < 4.78 is 33.4. The van der Waals surface area contributed by atoms with Gasteiger partial charge in [-0.25, -0.2) is 8.42 Å². The number of aryl methyl sites for hydroxylation is 1. The van der Waals surface area contributed by atoms with Crippen molar-refractivity contribution in [3.63, 3.8) is 0 Å². The number of ether oxygens (including phenoxy) is 1. The van der Waals surface area contributed by atoms with Gasteiger partial charge in [-0.15, -0.1) is 0 Å². The lowest BCUT2D eigenvalue weighted by Gasteiger charge is -2.30. The SMILES string of the molecule is O=C(COc1ccc(S(=O)(=O)N2CCCc3ccccc32)cc1Cl)Nc1ccc(Cl)cc1Cl. The van der Waals surface area contributed by atoms with Crippen LogP contribution in [0.4, 0.5) is 11.4 Å². The molecule has 1 aliphatic rings. The molecule has 0 atom stereocenters. The van der Waals surface area contributed by atoms with E-state index in [0.717, 1.165) is 18.4 Å². The summed E-state index contributed by atoms with van der Waals surface area (Å²) in [7, 11) is -3.81. The molecule has 0 spiro atoms. The van der Waals surface area contributed by atoms with E-state index in [1.54, 1.807) is 18.2 Å². The summed E-state index contributed by atoms with van der Waals surface area (Å²) in [6.07, 6.45) is 1.57. The molecule has 0 saturated heterocycles. The van der Waals surface area contributed by atoms with E-state index < -0.39 is 15.9 Å². The molecule has 1 aliphatic heterocycles. The second-order valence-electron chi connectivity index (χ2n) is 7.36. The van der Waals surface area contributed by atoms with E-state index in [9.17, 15) is 13.2 Å². The van der Waals surface area contributed by atoms with Crippen LogP contribution in [-0.4, -0.2) is 27.5 Å². The molecule has 1 amide bonds. The Morgan fingerprint density at radius 3 is 2.55 bits per heavy atom. The van der Waals surface area contributed by atoms with Crippen LogP contribution in [0.15, 0.2) is 65.6 Å². The summed E-state index contributed by atoms with van der Waals surface area (Å²) in [6.45, 7) is 0.0485. The van der Waals surface area contributed by atoms with Crippen LogP contribution >= 0.6 is 34.8 Å². The molecule has 172 valence electrons. The lowest BCUT2D eigenvalue weighted by atomic mass is 10.0. The van der Waals surface area contributed by atoms with E-state index in [4.69, 9.17) is 39.5 Å². The minimum absolute atomic E-state index is 0.0500. The van der Waals surface area contributed by atoms with Gasteiger partial charge in [-0.3, -0.25) is 9.10 Å². The molecule has 0 saturated carbocycles. The first-order valence-electron chi connectivity index (χ1n) is 10.0. The minimum atomic E-state index is -3.81. The van der Waals surface area contributed by atoms with E-state index in [1.807, 2.05) is 18.2 Å². The molecule has 6 nitrogen and oxygen atoms in total. The number of rotatable bonds is 6. The molecule has 33 heavy (non-hydrogen) atoms. The second-order valence-corrected chi connectivity index (χ2v) is 10.5. The number of hydrogen-bond donors (Lipinski definition) is 1. The number of halogens is 3. The van der Waals surface area contributed by atoms with Crippen molar-refractivity contribution in [2.75, 3.05) is 22.8 Å². The second kappa shape index (κ2) is 9.81. The Bertz CT molecular complexity index is 1310. The van der Waals surface area contributed by atoms with Crippen LogP contribution in [0.2, 0.25) is 15.1 Å². The molecule has 0 aromatic heterocycles. The maximum Gasteiger partial charge on any atom is 0.264 e. The summed E-state index contributed by atoms with van der Waals surface area (Å²) >= 11 is 18.2. The van der Waals surface area contributed by atoms with Crippen molar-refractivity contribution >= 4 is 62.1 Å². The number of amides is 1. The quantitative estimate of drug-likeness (QED) is 0.441. The molecule has 3 aromatic rings. The number of hydrogen-bond acceptors (Lipinski definition) is 4. The lowest BCUT2D eigenvalue weighted by molar-refractivity contribution is -0.118. The van der Waals surface area contributed by atoms with E-state index in [1.165, 1.54) is 28.6 Å². The van der Waals surface area contributed by atoms with Gasteiger partial charge in [0.2, 0.25) is 0 Å². The first-order chi connectivity index (χ1) is 15.8. The summed E-state index contributed by atoms with van der Waals surface area (Å²) in [5.74, 6) is -0.274. The molecule has 0 radical (unpaired) electrons. The van der Waals surface area contributed by atoms with Gasteiger partial charge in [-0.2, -0.15) is 0 Å². The number of sulfonamides is 1. The Kier molecular flexibility index (Phi) is 7.05. The molecule has 3 aromatic carbocycles. The minimum Gasteiger partial charge on any atom is -0.482 e. The lowest BCUT2D eigenvalue weighted by Crippen LogP contribution is -2.35. The van der Waals surface area contributed by atoms with Gasteiger partial charge >= 0.3 is 0 Å². The molecule has 4 rings (SSSR count). The monoisotopic (exact) mass is 524 g/mol. The Balaban J connectivity index is 1.46. The van der Waals surface area contributed by atoms with E-state index in [0.29, 0.717) is 28.0 Å². The highest BCUT2D eigenvalue weighted by molar-refractivity contribution is 7.92. The number of benzene rings is 3. The topological polar surface area (TPSA) is 75.7 Å². The number of carbonyl (C=O) groups is 1. The first kappa shape index (κ1) is 23.7. The molecular formula is C23H19Cl3N2O4S. The van der Waals surface area contributed by atoms with Crippen molar-refractivity contribution in [1.82, 2.24) is 0 Å². The smallest absolute Gasteiger partial charge is 0.264 e. The van der Waals surface area contributed by atoms with E-state index in [-0.39, 0.29) is 22.3 Å². The Labute approximate surface area is 207 Å². The highest BCUT2D eigenvalue weighted by Crippen LogP contribution is 2.34. The molecule has 1 heterocycles. The highest BCUT2D eigenvalue weighted by Gasteiger charge is 2.29. The zero-order valence-electron chi connectivity index (χ0n) is 17.2. The van der Waals surface area contributed by atoms with Crippen LogP contribution < -0.4 is 14.4 Å². The maximum atomic E-state index is 13.3. The number of carbonyl (C=O) groups excluding carboxylic acids is 1. The van der Waals surface area contributed by atoms with Gasteiger partial charge in [0.05, 0.1) is 26.3 Å². The molecule has 0 fully saturated rings. The van der Waals surface area contributed by atoms with Crippen LogP contribution in [0.1, 0.15) is 12.0 Å². The van der Waals surface area contributed by atoms with Crippen LogP contribution in [0.3, 0.4) is 0 Å². The van der Waals surface area contributed by atoms with Crippen LogP contribution in [0.25, 0.3) is 0 Å². The third-order valence-corrected chi connectivity index (χ3v) is 7.78. The number of nitrogens with one attached hydrogen (secondary N) is 1. The Hall–Kier alpha value is -2.45. The zero-order chi connectivity index (χ0) is 23.6. The van der Waals surface area contributed by atoms with Crippen LogP contribution in [-0.2, 0) is 21.2 Å². The predicted octanol–water partition coefficient (Wildman–Crippen LogP) is 5.81. The Morgan fingerprint density at radius 2 is 1.79 bits per heavy atom. The van der Waals surface area contributed by atoms with Gasteiger partial charge in [0.1, 0.15) is 5.75 Å². The summed E-state index contributed by atoms with van der Waals surface area (Å²) in [4.78, 5) is 12.3. The summed E-state index contributed by atoms with van der Waals surface area (Å²) in [6, 6.07) is 16.3. The molecule has 0 aliphatic carbocycles. The first-order valence-corrected chi connectivity index (χ1v) is 12.6. The fraction of sp³-hybridized carbons (Fsp3) is 0.174. The average Bonchev–Trinajstić information content (AvgIpc) is 2.79. The van der Waals surface area contributed by atoms with Crippen molar-refractivity contribution in [3.05, 3.63) is 81.3 Å². The molecule has 1 N–H and O–H groups in total. The van der Waals surface area contributed by atoms with Crippen molar-refractivity contribution in [2.45, 2.75) is 17.7 Å². The van der Waals surface area contributed by atoms with Crippen LogP contribution in [0.5, 0.6) is 5.75 Å². The third-order valence-electron chi connectivity index (χ3n) is 5.12. The fourth-order valence-corrected chi connectivity index (χ4v) is 5.88.